The van der Waals surface area contributed by atoms with Gasteiger partial charge >= 0.3 is 0 Å². The van der Waals surface area contributed by atoms with Gasteiger partial charge in [0.05, 0.1) is 18.8 Å². The summed E-state index contributed by atoms with van der Waals surface area (Å²) in [5.74, 6) is 3.28. The van der Waals surface area contributed by atoms with Crippen molar-refractivity contribution in [2.24, 2.45) is 11.3 Å². The maximum atomic E-state index is 5.63. The third kappa shape index (κ3) is 3.72. The van der Waals surface area contributed by atoms with E-state index in [4.69, 9.17) is 4.74 Å². The van der Waals surface area contributed by atoms with Gasteiger partial charge in [-0.1, -0.05) is 18.6 Å². The van der Waals surface area contributed by atoms with E-state index in [1.54, 1.807) is 19.5 Å². The predicted octanol–water partition coefficient (Wildman–Crippen LogP) is 3.13. The largest absolute Gasteiger partial charge is 0.494 e. The molecule has 3 heterocycles. The number of methoxy groups -OCH3 is 1. The molecule has 6 rings (SSSR count). The van der Waals surface area contributed by atoms with Crippen molar-refractivity contribution in [2.75, 3.05) is 31.6 Å². The molecule has 2 saturated carbocycles. The van der Waals surface area contributed by atoms with Crippen molar-refractivity contribution in [3.8, 4) is 11.4 Å². The number of anilines is 1. The quantitative estimate of drug-likeness (QED) is 0.575. The molecule has 1 saturated heterocycles. The van der Waals surface area contributed by atoms with E-state index in [2.05, 4.69) is 35.7 Å². The van der Waals surface area contributed by atoms with E-state index in [1.807, 2.05) is 35.1 Å². The smallest absolute Gasteiger partial charge is 0.176 e. The molecule has 3 aromatic rings. The van der Waals surface area contributed by atoms with Gasteiger partial charge in [-0.25, -0.2) is 4.98 Å². The number of nitrogens with one attached hydrogen (secondary N) is 1. The third-order valence-electron chi connectivity index (χ3n) is 8.29. The fourth-order valence-electron chi connectivity index (χ4n) is 6.24. The first kappa shape index (κ1) is 21.5. The molecule has 2 aromatic heterocycles. The van der Waals surface area contributed by atoms with E-state index < -0.39 is 0 Å². The Morgan fingerprint density at radius 2 is 1.91 bits per heavy atom. The van der Waals surface area contributed by atoms with Crippen molar-refractivity contribution in [3.05, 3.63) is 48.7 Å². The second kappa shape index (κ2) is 8.61. The molecule has 0 bridgehead atoms. The molecule has 1 N–H and O–H groups in total. The van der Waals surface area contributed by atoms with Gasteiger partial charge in [-0.05, 0) is 79.0 Å². The zero-order valence-corrected chi connectivity index (χ0v) is 19.7. The Balaban J connectivity index is 1.27. The Bertz CT molecular complexity index is 1110. The van der Waals surface area contributed by atoms with Gasteiger partial charge in [0.15, 0.2) is 5.82 Å². The Labute approximate surface area is 199 Å². The van der Waals surface area contributed by atoms with Crippen molar-refractivity contribution in [2.45, 2.75) is 50.5 Å². The lowest BCUT2D eigenvalue weighted by atomic mass is 9.52. The minimum Gasteiger partial charge on any atom is -0.494 e. The van der Waals surface area contributed by atoms with E-state index >= 15 is 0 Å². The summed E-state index contributed by atoms with van der Waals surface area (Å²) in [4.78, 5) is 11.1. The van der Waals surface area contributed by atoms with Crippen LogP contribution in [0.1, 0.15) is 50.8 Å². The van der Waals surface area contributed by atoms with Crippen LogP contribution < -0.4 is 15.0 Å². The first-order valence-electron chi connectivity index (χ1n) is 12.4. The highest BCUT2D eigenvalue weighted by Crippen LogP contribution is 2.58. The van der Waals surface area contributed by atoms with E-state index in [9.17, 15) is 0 Å². The molecule has 1 spiro atoms. The molecule has 1 aliphatic heterocycles. The van der Waals surface area contributed by atoms with Crippen molar-refractivity contribution in [1.82, 2.24) is 35.5 Å². The van der Waals surface area contributed by atoms with Crippen molar-refractivity contribution in [1.29, 1.82) is 0 Å². The summed E-state index contributed by atoms with van der Waals surface area (Å²) in [7, 11) is 1.68. The van der Waals surface area contributed by atoms with Gasteiger partial charge in [-0.2, -0.15) is 4.68 Å². The fraction of sp³-hybridized carbons (Fsp3) is 0.560. The number of tetrazole rings is 1. The molecule has 1 aromatic carbocycles. The van der Waals surface area contributed by atoms with Gasteiger partial charge < -0.3 is 15.0 Å². The number of aromatic nitrogens is 6. The molecule has 2 aliphatic carbocycles. The maximum absolute atomic E-state index is 5.63. The van der Waals surface area contributed by atoms with Crippen LogP contribution in [0.25, 0.3) is 5.69 Å². The van der Waals surface area contributed by atoms with Gasteiger partial charge in [0.2, 0.25) is 0 Å². The molecule has 178 valence electrons. The standard InChI is InChI=1S/C25H32N8O/c1-34-21-6-3-2-5-20(21)33-23(29-30-31-33)25(28-17-19-15-24(16-19)7-4-8-24)9-13-32(14-10-25)22-18-26-11-12-27-22/h2-3,5-6,11-12,18-19,28H,4,7-10,13-17H2,1H3. The predicted molar refractivity (Wildman–Crippen MR) is 128 cm³/mol. The van der Waals surface area contributed by atoms with Crippen LogP contribution in [0.2, 0.25) is 0 Å². The Hall–Kier alpha value is -3.07. The highest BCUT2D eigenvalue weighted by atomic mass is 16.5. The number of rotatable bonds is 7. The zero-order valence-electron chi connectivity index (χ0n) is 19.7. The first-order chi connectivity index (χ1) is 16.7. The molecule has 3 fully saturated rings. The molecule has 34 heavy (non-hydrogen) atoms. The van der Waals surface area contributed by atoms with Crippen molar-refractivity contribution in [3.63, 3.8) is 0 Å². The molecule has 0 amide bonds. The second-order valence-electron chi connectivity index (χ2n) is 10.2. The first-order valence-corrected chi connectivity index (χ1v) is 12.4. The fourth-order valence-corrected chi connectivity index (χ4v) is 6.24. The second-order valence-corrected chi connectivity index (χ2v) is 10.2. The maximum Gasteiger partial charge on any atom is 0.176 e. The van der Waals surface area contributed by atoms with Gasteiger partial charge in [-0.3, -0.25) is 4.98 Å². The van der Waals surface area contributed by atoms with E-state index in [1.165, 1.54) is 32.1 Å². The van der Waals surface area contributed by atoms with Gasteiger partial charge in [0.25, 0.3) is 0 Å². The zero-order chi connectivity index (χ0) is 23.0. The Morgan fingerprint density at radius 1 is 1.09 bits per heavy atom. The molecular formula is C25H32N8O. The van der Waals surface area contributed by atoms with Crippen LogP contribution in [0.3, 0.4) is 0 Å². The average molecular weight is 461 g/mol. The summed E-state index contributed by atoms with van der Waals surface area (Å²) in [5, 5.41) is 17.1. The van der Waals surface area contributed by atoms with E-state index in [0.29, 0.717) is 5.41 Å². The van der Waals surface area contributed by atoms with Crippen LogP contribution in [0.15, 0.2) is 42.9 Å². The molecule has 0 radical (unpaired) electrons. The summed E-state index contributed by atoms with van der Waals surface area (Å²) < 4.78 is 7.48. The Kier molecular flexibility index (Phi) is 5.44. The van der Waals surface area contributed by atoms with E-state index in [-0.39, 0.29) is 5.54 Å². The number of nitrogens with zero attached hydrogens (tertiary/aromatic N) is 7. The third-order valence-corrected chi connectivity index (χ3v) is 8.29. The number of hydrogen-bond donors (Lipinski definition) is 1. The lowest BCUT2D eigenvalue weighted by Gasteiger charge is -2.55. The summed E-state index contributed by atoms with van der Waals surface area (Å²) in [6.07, 6.45) is 14.1. The van der Waals surface area contributed by atoms with Crippen LogP contribution in [0, 0.1) is 11.3 Å². The molecule has 9 heteroatoms. The number of hydrogen-bond acceptors (Lipinski definition) is 8. The minimum absolute atomic E-state index is 0.314. The van der Waals surface area contributed by atoms with E-state index in [0.717, 1.165) is 61.5 Å². The lowest BCUT2D eigenvalue weighted by molar-refractivity contribution is -0.0275. The normalized spacial score (nSPS) is 21.1. The summed E-state index contributed by atoms with van der Waals surface area (Å²) in [6, 6.07) is 7.91. The lowest BCUT2D eigenvalue weighted by Crippen LogP contribution is -2.55. The Morgan fingerprint density at radius 3 is 2.62 bits per heavy atom. The molecule has 3 aliphatic rings. The van der Waals surface area contributed by atoms with Crippen LogP contribution in [0.4, 0.5) is 5.82 Å². The minimum atomic E-state index is -0.314. The van der Waals surface area contributed by atoms with Gasteiger partial charge in [0.1, 0.15) is 17.3 Å². The highest BCUT2D eigenvalue weighted by molar-refractivity contribution is 5.47. The van der Waals surface area contributed by atoms with Gasteiger partial charge in [-0.15, -0.1) is 5.10 Å². The number of piperidine rings is 1. The molecule has 9 nitrogen and oxygen atoms in total. The summed E-state index contributed by atoms with van der Waals surface area (Å²) in [5.41, 5.74) is 1.22. The van der Waals surface area contributed by atoms with Crippen molar-refractivity contribution >= 4 is 5.82 Å². The van der Waals surface area contributed by atoms with Crippen molar-refractivity contribution < 1.29 is 4.74 Å². The number of para-hydroxylation sites is 2. The monoisotopic (exact) mass is 460 g/mol. The van der Waals surface area contributed by atoms with Crippen LogP contribution >= 0.6 is 0 Å². The summed E-state index contributed by atoms with van der Waals surface area (Å²) in [6.45, 7) is 2.73. The SMILES string of the molecule is COc1ccccc1-n1nnnc1C1(NCC2CC3(CCC3)C2)CCN(c2cnccn2)CC1. The number of ether oxygens (including phenoxy) is 1. The average Bonchev–Trinajstić information content (AvgIpc) is 3.33. The number of benzene rings is 1. The molecular weight excluding hydrogens is 428 g/mol. The molecule has 0 atom stereocenters. The van der Waals surface area contributed by atoms with Crippen LogP contribution in [-0.4, -0.2) is 56.9 Å². The van der Waals surface area contributed by atoms with Gasteiger partial charge in [0, 0.05) is 25.5 Å². The highest BCUT2D eigenvalue weighted by Gasteiger charge is 2.49. The van der Waals surface area contributed by atoms with Crippen LogP contribution in [0.5, 0.6) is 5.75 Å². The summed E-state index contributed by atoms with van der Waals surface area (Å²) >= 11 is 0. The molecule has 0 unspecified atom stereocenters. The van der Waals surface area contributed by atoms with Crippen LogP contribution in [-0.2, 0) is 5.54 Å². The topological polar surface area (TPSA) is 93.9 Å².